The van der Waals surface area contributed by atoms with Gasteiger partial charge in [0.25, 0.3) is 0 Å². The highest BCUT2D eigenvalue weighted by atomic mass is 19.1. The van der Waals surface area contributed by atoms with E-state index in [1.807, 2.05) is 30.3 Å². The molecule has 0 saturated heterocycles. The standard InChI is InChI=1S/C20H14FN3O3/c21-17-8-4-5-9-19(17)24-12-15(11-22-24)20(25)26-13-16-10-18(23-27-16)14-6-2-1-3-7-14/h1-12H,13H2. The van der Waals surface area contributed by atoms with Crippen molar-refractivity contribution in [1.29, 1.82) is 0 Å². The van der Waals surface area contributed by atoms with Crippen molar-refractivity contribution >= 4 is 5.97 Å². The molecule has 0 aliphatic rings. The molecule has 134 valence electrons. The Bertz CT molecular complexity index is 1070. The molecule has 27 heavy (non-hydrogen) atoms. The van der Waals surface area contributed by atoms with Gasteiger partial charge in [0.15, 0.2) is 12.4 Å². The number of rotatable bonds is 5. The Hall–Kier alpha value is -3.74. The zero-order chi connectivity index (χ0) is 18.6. The molecule has 0 radical (unpaired) electrons. The van der Waals surface area contributed by atoms with Gasteiger partial charge >= 0.3 is 5.97 Å². The Morgan fingerprint density at radius 1 is 1.11 bits per heavy atom. The molecule has 4 rings (SSSR count). The van der Waals surface area contributed by atoms with Gasteiger partial charge in [-0.1, -0.05) is 47.6 Å². The number of halogens is 1. The average Bonchev–Trinajstić information content (AvgIpc) is 3.37. The molecule has 0 N–H and O–H groups in total. The maximum Gasteiger partial charge on any atom is 0.341 e. The van der Waals surface area contributed by atoms with E-state index in [0.717, 1.165) is 5.56 Å². The molecule has 6 nitrogen and oxygen atoms in total. The maximum absolute atomic E-state index is 13.8. The molecule has 0 bridgehead atoms. The number of aromatic nitrogens is 3. The van der Waals surface area contributed by atoms with Crippen LogP contribution in [0.4, 0.5) is 4.39 Å². The molecule has 0 amide bonds. The molecule has 0 fully saturated rings. The summed E-state index contributed by atoms with van der Waals surface area (Å²) in [5.41, 5.74) is 2.03. The SMILES string of the molecule is O=C(OCc1cc(-c2ccccc2)no1)c1cnn(-c2ccccc2F)c1. The quantitative estimate of drug-likeness (QED) is 0.501. The number of ether oxygens (including phenoxy) is 1. The zero-order valence-corrected chi connectivity index (χ0v) is 14.1. The monoisotopic (exact) mass is 363 g/mol. The van der Waals surface area contributed by atoms with Crippen LogP contribution in [-0.4, -0.2) is 20.9 Å². The lowest BCUT2D eigenvalue weighted by atomic mass is 10.1. The van der Waals surface area contributed by atoms with Gasteiger partial charge in [-0.05, 0) is 12.1 Å². The lowest BCUT2D eigenvalue weighted by Gasteiger charge is -2.02. The minimum atomic E-state index is -0.588. The van der Waals surface area contributed by atoms with Crippen LogP contribution >= 0.6 is 0 Å². The molecule has 4 aromatic rings. The predicted octanol–water partition coefficient (Wildman–Crippen LogP) is 4.02. The summed E-state index contributed by atoms with van der Waals surface area (Å²) in [6.07, 6.45) is 2.74. The topological polar surface area (TPSA) is 70.2 Å². The summed E-state index contributed by atoms with van der Waals surface area (Å²) >= 11 is 0. The number of hydrogen-bond acceptors (Lipinski definition) is 5. The lowest BCUT2D eigenvalue weighted by Crippen LogP contribution is -2.04. The van der Waals surface area contributed by atoms with Crippen molar-refractivity contribution in [2.45, 2.75) is 6.61 Å². The van der Waals surface area contributed by atoms with Crippen LogP contribution < -0.4 is 0 Å². The van der Waals surface area contributed by atoms with Gasteiger partial charge < -0.3 is 9.26 Å². The Kier molecular flexibility index (Phi) is 4.49. The van der Waals surface area contributed by atoms with E-state index < -0.39 is 11.8 Å². The van der Waals surface area contributed by atoms with E-state index in [1.165, 1.54) is 23.1 Å². The summed E-state index contributed by atoms with van der Waals surface area (Å²) in [5, 5.41) is 7.97. The first-order chi connectivity index (χ1) is 13.2. The van der Waals surface area contributed by atoms with Crippen LogP contribution in [0.15, 0.2) is 77.6 Å². The van der Waals surface area contributed by atoms with Crippen molar-refractivity contribution in [2.24, 2.45) is 0 Å². The Morgan fingerprint density at radius 3 is 2.70 bits per heavy atom. The van der Waals surface area contributed by atoms with Crippen molar-refractivity contribution in [3.63, 3.8) is 0 Å². The van der Waals surface area contributed by atoms with Crippen LogP contribution in [-0.2, 0) is 11.3 Å². The minimum Gasteiger partial charge on any atom is -0.454 e. The first kappa shape index (κ1) is 16.7. The molecule has 0 aliphatic carbocycles. The molecule has 0 unspecified atom stereocenters. The highest BCUT2D eigenvalue weighted by molar-refractivity contribution is 5.88. The second-order valence-electron chi connectivity index (χ2n) is 5.75. The Morgan fingerprint density at radius 2 is 1.89 bits per heavy atom. The number of carbonyl (C=O) groups is 1. The predicted molar refractivity (Wildman–Crippen MR) is 94.6 cm³/mol. The summed E-state index contributed by atoms with van der Waals surface area (Å²) in [6.45, 7) is -0.0659. The second-order valence-corrected chi connectivity index (χ2v) is 5.75. The van der Waals surface area contributed by atoms with Gasteiger partial charge in [-0.25, -0.2) is 13.9 Å². The smallest absolute Gasteiger partial charge is 0.341 e. The number of esters is 1. The van der Waals surface area contributed by atoms with Crippen LogP contribution in [0.2, 0.25) is 0 Å². The first-order valence-electron chi connectivity index (χ1n) is 8.18. The fraction of sp³-hybridized carbons (Fsp3) is 0.0500. The number of carbonyl (C=O) groups excluding carboxylic acids is 1. The lowest BCUT2D eigenvalue weighted by molar-refractivity contribution is 0.0437. The Labute approximate surface area is 153 Å². The molecule has 0 atom stereocenters. The fourth-order valence-corrected chi connectivity index (χ4v) is 2.54. The molecular weight excluding hydrogens is 349 g/mol. The van der Waals surface area contributed by atoms with Crippen LogP contribution in [0, 0.1) is 5.82 Å². The van der Waals surface area contributed by atoms with Crippen molar-refractivity contribution in [2.75, 3.05) is 0 Å². The number of nitrogens with zero attached hydrogens (tertiary/aromatic N) is 3. The molecule has 7 heteroatoms. The van der Waals surface area contributed by atoms with Crippen molar-refractivity contribution in [3.8, 4) is 16.9 Å². The first-order valence-corrected chi connectivity index (χ1v) is 8.18. The molecule has 0 saturated carbocycles. The normalized spacial score (nSPS) is 10.7. The van der Waals surface area contributed by atoms with Crippen LogP contribution in [0.25, 0.3) is 16.9 Å². The summed E-state index contributed by atoms with van der Waals surface area (Å²) < 4.78 is 25.5. The van der Waals surface area contributed by atoms with Gasteiger partial charge in [0.05, 0.1) is 11.8 Å². The van der Waals surface area contributed by atoms with Gasteiger partial charge in [-0.15, -0.1) is 0 Å². The van der Waals surface area contributed by atoms with Crippen molar-refractivity contribution < 1.29 is 18.4 Å². The van der Waals surface area contributed by atoms with E-state index >= 15 is 0 Å². The number of para-hydroxylation sites is 1. The van der Waals surface area contributed by atoms with E-state index in [-0.39, 0.29) is 17.9 Å². The largest absolute Gasteiger partial charge is 0.454 e. The third-order valence-corrected chi connectivity index (χ3v) is 3.89. The van der Waals surface area contributed by atoms with E-state index in [2.05, 4.69) is 10.3 Å². The summed E-state index contributed by atoms with van der Waals surface area (Å²) in [5.74, 6) is -0.602. The van der Waals surface area contributed by atoms with E-state index in [0.29, 0.717) is 11.5 Å². The maximum atomic E-state index is 13.8. The van der Waals surface area contributed by atoms with E-state index in [4.69, 9.17) is 9.26 Å². The molecule has 2 heterocycles. The third-order valence-electron chi connectivity index (χ3n) is 3.89. The highest BCUT2D eigenvalue weighted by Gasteiger charge is 2.14. The molecule has 0 aliphatic heterocycles. The van der Waals surface area contributed by atoms with Crippen LogP contribution in [0.5, 0.6) is 0 Å². The van der Waals surface area contributed by atoms with Gasteiger partial charge in [-0.2, -0.15) is 5.10 Å². The number of benzene rings is 2. The highest BCUT2D eigenvalue weighted by Crippen LogP contribution is 2.19. The van der Waals surface area contributed by atoms with E-state index in [9.17, 15) is 9.18 Å². The average molecular weight is 363 g/mol. The molecule has 2 aromatic heterocycles. The fourth-order valence-electron chi connectivity index (χ4n) is 2.54. The van der Waals surface area contributed by atoms with Gasteiger partial charge in [0.1, 0.15) is 17.2 Å². The Balaban J connectivity index is 1.42. The summed E-state index contributed by atoms with van der Waals surface area (Å²) in [6, 6.07) is 17.4. The van der Waals surface area contributed by atoms with Crippen molar-refractivity contribution in [1.82, 2.24) is 14.9 Å². The van der Waals surface area contributed by atoms with Crippen LogP contribution in [0.1, 0.15) is 16.1 Å². The van der Waals surface area contributed by atoms with Gasteiger partial charge in [0, 0.05) is 17.8 Å². The van der Waals surface area contributed by atoms with Gasteiger partial charge in [0.2, 0.25) is 0 Å². The third kappa shape index (κ3) is 3.62. The molecule has 2 aromatic carbocycles. The van der Waals surface area contributed by atoms with Crippen molar-refractivity contribution in [3.05, 3.63) is 90.2 Å². The van der Waals surface area contributed by atoms with E-state index in [1.54, 1.807) is 24.3 Å². The molecular formula is C20H14FN3O3. The number of hydrogen-bond donors (Lipinski definition) is 0. The molecule has 0 spiro atoms. The second kappa shape index (κ2) is 7.25. The minimum absolute atomic E-state index is 0.0659. The summed E-state index contributed by atoms with van der Waals surface area (Å²) in [4.78, 5) is 12.2. The zero-order valence-electron chi connectivity index (χ0n) is 14.1. The summed E-state index contributed by atoms with van der Waals surface area (Å²) in [7, 11) is 0. The van der Waals surface area contributed by atoms with Gasteiger partial charge in [-0.3, -0.25) is 0 Å². The van der Waals surface area contributed by atoms with Crippen LogP contribution in [0.3, 0.4) is 0 Å².